The highest BCUT2D eigenvalue weighted by molar-refractivity contribution is 6.98. The summed E-state index contributed by atoms with van der Waals surface area (Å²) in [6.07, 6.45) is 6.72. The van der Waals surface area contributed by atoms with Crippen LogP contribution in [-0.2, 0) is 4.84 Å². The first kappa shape index (κ1) is 21.3. The Morgan fingerprint density at radius 2 is 1.67 bits per heavy atom. The van der Waals surface area contributed by atoms with Crippen molar-refractivity contribution in [3.63, 3.8) is 0 Å². The minimum Gasteiger partial charge on any atom is -0.424 e. The molecule has 4 rings (SSSR count). The van der Waals surface area contributed by atoms with Crippen LogP contribution in [0.3, 0.4) is 0 Å². The highest BCUT2D eigenvalue weighted by Crippen LogP contribution is 2.47. The molecule has 1 aliphatic heterocycles. The van der Waals surface area contributed by atoms with Gasteiger partial charge in [-0.25, -0.2) is 0 Å². The summed E-state index contributed by atoms with van der Waals surface area (Å²) in [5, 5.41) is 6.39. The number of fused-ring (bicyclic) bond motifs is 1. The van der Waals surface area contributed by atoms with Crippen LogP contribution >= 0.6 is 0 Å². The van der Waals surface area contributed by atoms with Crippen LogP contribution in [-0.4, -0.2) is 25.4 Å². The van der Waals surface area contributed by atoms with E-state index in [1.165, 1.54) is 18.6 Å². The number of oxime groups is 1. The van der Waals surface area contributed by atoms with E-state index in [0.29, 0.717) is 5.92 Å². The van der Waals surface area contributed by atoms with Crippen LogP contribution in [0.5, 0.6) is 0 Å². The molecule has 2 atom stereocenters. The zero-order valence-electron chi connectivity index (χ0n) is 18.6. The molecule has 2 aliphatic rings. The zero-order valence-corrected chi connectivity index (χ0v) is 19.6. The fourth-order valence-corrected chi connectivity index (χ4v) is 9.40. The molecule has 0 unspecified atom stereocenters. The van der Waals surface area contributed by atoms with Crippen LogP contribution in [0.15, 0.2) is 65.8 Å². The average molecular weight is 422 g/mol. The first-order valence-electron chi connectivity index (χ1n) is 11.4. The number of rotatable bonds is 7. The number of hydrogen-bond acceptors (Lipinski definition) is 3. The third-order valence-electron chi connectivity index (χ3n) is 7.81. The maximum atomic E-state index is 12.4. The SMILES string of the molecule is CC[C@]12CON=C1CC[C@@H](CCC(C)(C)[Si](O)(c1ccccc1)c1ccccc1)C2. The number of nitrogens with zero attached hydrogens (tertiary/aromatic N) is 1. The minimum atomic E-state index is -2.92. The van der Waals surface area contributed by atoms with Crippen LogP contribution < -0.4 is 10.4 Å². The largest absolute Gasteiger partial charge is 0.424 e. The van der Waals surface area contributed by atoms with Gasteiger partial charge < -0.3 is 9.63 Å². The van der Waals surface area contributed by atoms with Gasteiger partial charge in [0.1, 0.15) is 6.61 Å². The smallest absolute Gasteiger partial charge is 0.258 e. The van der Waals surface area contributed by atoms with Crippen LogP contribution in [0.4, 0.5) is 0 Å². The molecule has 1 saturated carbocycles. The van der Waals surface area contributed by atoms with Crippen molar-refractivity contribution in [2.75, 3.05) is 6.61 Å². The second kappa shape index (κ2) is 8.31. The third-order valence-corrected chi connectivity index (χ3v) is 12.4. The number of hydrogen-bond donors (Lipinski definition) is 1. The summed E-state index contributed by atoms with van der Waals surface area (Å²) in [5.74, 6) is 0.676. The van der Waals surface area contributed by atoms with Gasteiger partial charge in [-0.15, -0.1) is 0 Å². The number of benzene rings is 2. The fraction of sp³-hybridized carbons (Fsp3) is 0.500. The van der Waals surface area contributed by atoms with Crippen LogP contribution in [0.2, 0.25) is 5.04 Å². The van der Waals surface area contributed by atoms with E-state index in [0.717, 1.165) is 42.7 Å². The molecule has 0 saturated heterocycles. The van der Waals surface area contributed by atoms with Crippen molar-refractivity contribution in [1.29, 1.82) is 0 Å². The van der Waals surface area contributed by atoms with E-state index in [4.69, 9.17) is 4.84 Å². The monoisotopic (exact) mass is 421 g/mol. The first-order valence-corrected chi connectivity index (χ1v) is 13.4. The molecule has 0 spiro atoms. The maximum Gasteiger partial charge on any atom is 0.258 e. The molecule has 30 heavy (non-hydrogen) atoms. The Bertz CT molecular complexity index is 841. The van der Waals surface area contributed by atoms with Gasteiger partial charge in [0.25, 0.3) is 8.32 Å². The predicted molar refractivity (Wildman–Crippen MR) is 127 cm³/mol. The lowest BCUT2D eigenvalue weighted by molar-refractivity contribution is 0.0984. The second-order valence-electron chi connectivity index (χ2n) is 9.92. The lowest BCUT2D eigenvalue weighted by Gasteiger charge is -2.43. The predicted octanol–water partition coefficient (Wildman–Crippen LogP) is 4.88. The summed E-state index contributed by atoms with van der Waals surface area (Å²) in [4.78, 5) is 17.9. The van der Waals surface area contributed by atoms with Crippen molar-refractivity contribution in [3.05, 3.63) is 60.7 Å². The molecule has 2 aromatic carbocycles. The van der Waals surface area contributed by atoms with Gasteiger partial charge in [0.15, 0.2) is 0 Å². The molecule has 160 valence electrons. The summed E-state index contributed by atoms with van der Waals surface area (Å²) in [6, 6.07) is 20.8. The van der Waals surface area contributed by atoms with Gasteiger partial charge in [-0.1, -0.05) is 93.0 Å². The van der Waals surface area contributed by atoms with Gasteiger partial charge in [0.05, 0.1) is 5.71 Å². The van der Waals surface area contributed by atoms with E-state index in [2.05, 4.69) is 74.5 Å². The molecule has 0 amide bonds. The zero-order chi connectivity index (χ0) is 21.2. The Balaban J connectivity index is 1.57. The van der Waals surface area contributed by atoms with Crippen molar-refractivity contribution in [1.82, 2.24) is 0 Å². The van der Waals surface area contributed by atoms with Crippen LogP contribution in [0.25, 0.3) is 0 Å². The second-order valence-corrected chi connectivity index (χ2v) is 13.8. The molecular formula is C26H35NO2Si. The normalized spacial score (nSPS) is 24.1. The van der Waals surface area contributed by atoms with Crippen LogP contribution in [0, 0.1) is 11.3 Å². The topological polar surface area (TPSA) is 41.8 Å². The Labute approximate surface area is 182 Å². The summed E-state index contributed by atoms with van der Waals surface area (Å²) < 4.78 is 0. The van der Waals surface area contributed by atoms with E-state index >= 15 is 0 Å². The molecule has 1 N–H and O–H groups in total. The van der Waals surface area contributed by atoms with Crippen molar-refractivity contribution in [2.24, 2.45) is 16.5 Å². The van der Waals surface area contributed by atoms with E-state index in [9.17, 15) is 4.80 Å². The van der Waals surface area contributed by atoms with Gasteiger partial charge in [0.2, 0.25) is 0 Å². The average Bonchev–Trinajstić information content (AvgIpc) is 3.22. The van der Waals surface area contributed by atoms with E-state index in [1.807, 2.05) is 12.1 Å². The molecule has 2 aromatic rings. The molecule has 0 aromatic heterocycles. The molecule has 1 fully saturated rings. The van der Waals surface area contributed by atoms with Crippen molar-refractivity contribution >= 4 is 24.4 Å². The van der Waals surface area contributed by atoms with E-state index < -0.39 is 8.32 Å². The molecular weight excluding hydrogens is 386 g/mol. The summed E-state index contributed by atoms with van der Waals surface area (Å²) in [5.41, 5.74) is 1.46. The molecule has 0 bridgehead atoms. The standard InChI is InChI=1S/C26H35NO2Si/c1-4-26-19-21(15-16-24(26)27-29-20-26)17-18-25(2,3)30(28,22-11-7-5-8-12-22)23-13-9-6-10-14-23/h5-14,21,28H,4,15-20H2,1-3H3/t21-,26-/m0/s1. The van der Waals surface area contributed by atoms with E-state index in [-0.39, 0.29) is 10.5 Å². The Morgan fingerprint density at radius 1 is 1.07 bits per heavy atom. The molecule has 3 nitrogen and oxygen atoms in total. The minimum absolute atomic E-state index is 0.166. The van der Waals surface area contributed by atoms with Crippen LogP contribution in [0.1, 0.15) is 59.3 Å². The van der Waals surface area contributed by atoms with Gasteiger partial charge >= 0.3 is 0 Å². The highest BCUT2D eigenvalue weighted by Gasteiger charge is 2.50. The van der Waals surface area contributed by atoms with Gasteiger partial charge in [-0.05, 0) is 53.4 Å². The summed E-state index contributed by atoms with van der Waals surface area (Å²) in [6.45, 7) is 7.59. The quantitative estimate of drug-likeness (QED) is 0.647. The van der Waals surface area contributed by atoms with Gasteiger partial charge in [-0.2, -0.15) is 0 Å². The fourth-order valence-electron chi connectivity index (χ4n) is 5.65. The molecule has 1 aliphatic carbocycles. The summed E-state index contributed by atoms with van der Waals surface area (Å²) >= 11 is 0. The molecule has 4 heteroatoms. The molecule has 0 radical (unpaired) electrons. The Morgan fingerprint density at radius 3 is 2.23 bits per heavy atom. The van der Waals surface area contributed by atoms with Gasteiger partial charge in [0, 0.05) is 5.41 Å². The summed E-state index contributed by atoms with van der Waals surface area (Å²) in [7, 11) is -2.92. The lowest BCUT2D eigenvalue weighted by Crippen LogP contribution is -2.65. The van der Waals surface area contributed by atoms with Crippen molar-refractivity contribution in [2.45, 2.75) is 64.3 Å². The Hall–Kier alpha value is -1.91. The molecule has 1 heterocycles. The Kier molecular flexibility index (Phi) is 5.91. The lowest BCUT2D eigenvalue weighted by atomic mass is 9.66. The van der Waals surface area contributed by atoms with Gasteiger partial charge in [-0.3, -0.25) is 0 Å². The highest BCUT2D eigenvalue weighted by atomic mass is 28.4. The van der Waals surface area contributed by atoms with Crippen molar-refractivity contribution in [3.8, 4) is 0 Å². The first-order chi connectivity index (χ1) is 14.4. The maximum absolute atomic E-state index is 12.4. The van der Waals surface area contributed by atoms with Crippen molar-refractivity contribution < 1.29 is 9.63 Å². The third kappa shape index (κ3) is 3.65. The van der Waals surface area contributed by atoms with E-state index in [1.54, 1.807) is 0 Å².